The first-order valence-electron chi connectivity index (χ1n) is 49.6. The van der Waals surface area contributed by atoms with E-state index >= 15 is 0 Å². The number of esters is 4. The van der Waals surface area contributed by atoms with E-state index in [1.165, 1.54) is 22.0 Å². The third-order valence-corrected chi connectivity index (χ3v) is 26.5. The second-order valence-electron chi connectivity index (χ2n) is 52.8. The van der Waals surface area contributed by atoms with Crippen LogP contribution in [0.5, 0.6) is 40.2 Å². The molecule has 8 aromatic rings. The summed E-state index contributed by atoms with van der Waals surface area (Å²) < 4.78 is 45.1. The lowest BCUT2D eigenvalue weighted by atomic mass is 9.78. The first-order chi connectivity index (χ1) is 62.4. The lowest BCUT2D eigenvalue weighted by Crippen LogP contribution is -2.44. The minimum absolute atomic E-state index is 0.0170. The Labute approximate surface area is 837 Å². The predicted octanol–water partition coefficient (Wildman–Crippen LogP) is 30.3. The van der Waals surface area contributed by atoms with Crippen molar-refractivity contribution in [3.8, 4) is 40.2 Å². The zero-order valence-electron chi connectivity index (χ0n) is 93.0. The van der Waals surface area contributed by atoms with Crippen LogP contribution in [0.3, 0.4) is 0 Å². The summed E-state index contributed by atoms with van der Waals surface area (Å²) in [6.45, 7) is 87.1. The minimum atomic E-state index is -1.89. The molecule has 17 heteroatoms. The Morgan fingerprint density at radius 2 is 0.413 bits per heavy atom. The number of hydrogen-bond acceptors (Lipinski definition) is 15. The van der Waals surface area contributed by atoms with Gasteiger partial charge in [0.05, 0.1) is 0 Å². The van der Waals surface area contributed by atoms with Crippen molar-refractivity contribution in [2.24, 2.45) is 5.41 Å². The Morgan fingerprint density at radius 3 is 0.558 bits per heavy atom. The number of phenols is 4. The van der Waals surface area contributed by atoms with Gasteiger partial charge in [0.15, 0.2) is 0 Å². The molecule has 1 unspecified atom stereocenters. The Morgan fingerprint density at radius 1 is 0.239 bits per heavy atom. The van der Waals surface area contributed by atoms with Gasteiger partial charge < -0.3 is 52.9 Å². The predicted molar refractivity (Wildman–Crippen MR) is 578 cm³/mol. The fourth-order valence-corrected chi connectivity index (χ4v) is 17.4. The van der Waals surface area contributed by atoms with Gasteiger partial charge in [-0.15, -0.1) is 9.24 Å². The average molecular weight is 1930 g/mol. The van der Waals surface area contributed by atoms with E-state index in [0.717, 1.165) is 101 Å². The second kappa shape index (κ2) is 44.7. The molecule has 0 bridgehead atoms. The fraction of sp³-hybridized carbons (Fsp3) is 0.570. The Balaban J connectivity index is 0.000000457. The van der Waals surface area contributed by atoms with Gasteiger partial charge in [-0.25, -0.2) is 0 Å². The third kappa shape index (κ3) is 34.5. The van der Waals surface area contributed by atoms with Crippen molar-refractivity contribution in [2.45, 2.75) is 418 Å². The summed E-state index contributed by atoms with van der Waals surface area (Å²) in [4.78, 5) is 56.4. The van der Waals surface area contributed by atoms with E-state index in [2.05, 4.69) is 188 Å². The number of carbonyl (C=O) groups excluding carboxylic acids is 4. The lowest BCUT2D eigenvalue weighted by Gasteiger charge is -2.32. The van der Waals surface area contributed by atoms with Crippen LogP contribution in [-0.2, 0) is 140 Å². The summed E-state index contributed by atoms with van der Waals surface area (Å²) in [5.41, 5.74) is 11.5. The van der Waals surface area contributed by atoms with Crippen LogP contribution in [0.4, 0.5) is 0 Å². The maximum absolute atomic E-state index is 14.1. The summed E-state index contributed by atoms with van der Waals surface area (Å²) >= 11 is 0. The van der Waals surface area contributed by atoms with Gasteiger partial charge in [-0.05, 0) is 208 Å². The van der Waals surface area contributed by atoms with Crippen LogP contribution >= 0.6 is 17.8 Å². The molecule has 0 radical (unpaired) electrons. The summed E-state index contributed by atoms with van der Waals surface area (Å²) in [6, 6.07) is 45.2. The SMILES string of the molecule is CC(C)(C)c1cc(CCC(=O)OCC(COC(=O)CCc2cc(C(C)(C)C)c(O)c(C(C)(C)C)c2)(COC(=O)CCc2cc(C(C)(C)C)c(O)c(C(C)(C)C)c2)COC(=O)CCc2cc(C(C)(C)C)c(O)c(C(C)(C)C)c2)cc(C(C)(C)C)c1O.CC(C)(C)c1ccc(OP(Oc2ccc(C(C)(C)C)cc2C(C)(C)C)Oc2ccc(C(C)(C)C)cc2C(C)(C)C)c(C(C)(C)C)c1.Pc1ccccc1. The zero-order valence-corrected chi connectivity index (χ0v) is 95.0. The molecule has 138 heavy (non-hydrogen) atoms. The quantitative estimate of drug-likeness (QED) is 0.0225. The number of aryl methyl sites for hydroxylation is 4. The van der Waals surface area contributed by atoms with E-state index in [-0.39, 0.29) is 107 Å². The number of phenolic OH excluding ortho intramolecular Hbond substituents is 4. The molecule has 0 aliphatic heterocycles. The standard InChI is InChI=1S/C73H108O12.C42H63O3P.C6H7P/c1-65(2,3)49-33-45(34-50(61(49)78)66(4,5)6)25-29-57(74)82-41-73(42-83-58(75)30-26-46-35-51(67(7,8)9)62(79)52(36-46)68(10,11)12,43-84-59(76)31-27-47-37-53(69(13,14)15)63(80)54(38-47)70(16,17)18)44-85-60(77)32-28-48-39-55(71(19,20)21)64(81)56(40-48)72(22,23)24;1-37(2,3)28-19-22-34(31(25-28)40(10,11)12)43-46(44-35-23-20-29(38(4,5)6)26-32(35)41(13,14)15)45-36-24-21-30(39(7,8)9)27-33(36)42(16,17)18;7-6-4-2-1-3-5-6/h33-40,78-81H,25-32,41-44H2,1-24H3;19-27H,1-18H3;1-5H,7H2. The van der Waals surface area contributed by atoms with Gasteiger partial charge in [0.2, 0.25) is 0 Å². The normalized spacial score (nSPS) is 13.1. The van der Waals surface area contributed by atoms with Crippen molar-refractivity contribution in [3.05, 3.63) is 234 Å². The monoisotopic (exact) mass is 1930 g/mol. The highest BCUT2D eigenvalue weighted by Gasteiger charge is 2.41. The molecular weight excluding hydrogens is 1760 g/mol. The van der Waals surface area contributed by atoms with Crippen molar-refractivity contribution < 1.29 is 72.1 Å². The van der Waals surface area contributed by atoms with Crippen LogP contribution in [0.2, 0.25) is 0 Å². The van der Waals surface area contributed by atoms with E-state index in [9.17, 15) is 39.6 Å². The van der Waals surface area contributed by atoms with E-state index in [1.54, 1.807) is 0 Å². The molecule has 0 spiro atoms. The Hall–Kier alpha value is -8.90. The average Bonchev–Trinajstić information content (AvgIpc) is 0.773. The summed E-state index contributed by atoms with van der Waals surface area (Å²) in [5.74, 6) is 0.882. The Bertz CT molecular complexity index is 4750. The van der Waals surface area contributed by atoms with Crippen molar-refractivity contribution >= 4 is 47.0 Å². The highest BCUT2D eigenvalue weighted by Crippen LogP contribution is 2.53. The van der Waals surface area contributed by atoms with Gasteiger partial charge in [-0.2, -0.15) is 0 Å². The fourth-order valence-electron chi connectivity index (χ4n) is 16.1. The number of benzene rings is 8. The van der Waals surface area contributed by atoms with Gasteiger partial charge in [0.25, 0.3) is 0 Å². The van der Waals surface area contributed by atoms with Gasteiger partial charge in [-0.1, -0.05) is 406 Å². The molecule has 0 fully saturated rings. The molecule has 0 aliphatic rings. The molecule has 4 N–H and O–H groups in total. The van der Waals surface area contributed by atoms with Crippen LogP contribution < -0.4 is 18.9 Å². The van der Waals surface area contributed by atoms with E-state index in [1.807, 2.05) is 245 Å². The van der Waals surface area contributed by atoms with Gasteiger partial charge in [0, 0.05) is 42.4 Å². The second-order valence-corrected chi connectivity index (χ2v) is 54.5. The topological polar surface area (TPSA) is 214 Å². The summed E-state index contributed by atoms with van der Waals surface area (Å²) in [5, 5.41) is 46.9. The lowest BCUT2D eigenvalue weighted by molar-refractivity contribution is -0.170. The molecule has 0 saturated heterocycles. The number of hydrogen-bond donors (Lipinski definition) is 4. The molecule has 0 amide bonds. The van der Waals surface area contributed by atoms with Crippen LogP contribution in [0.25, 0.3) is 0 Å². The molecule has 0 aliphatic carbocycles. The molecule has 8 rings (SSSR count). The van der Waals surface area contributed by atoms with Crippen LogP contribution in [-0.4, -0.2) is 70.7 Å². The van der Waals surface area contributed by atoms with Crippen molar-refractivity contribution in [1.82, 2.24) is 0 Å². The number of rotatable bonds is 26. The van der Waals surface area contributed by atoms with Gasteiger partial charge >= 0.3 is 32.5 Å². The largest absolute Gasteiger partial charge is 0.530 e. The zero-order chi connectivity index (χ0) is 105. The molecule has 0 heterocycles. The molecule has 0 aromatic heterocycles. The summed E-state index contributed by atoms with van der Waals surface area (Å²) in [7, 11) is 0.736. The first-order valence-corrected chi connectivity index (χ1v) is 51.3. The maximum atomic E-state index is 14.1. The van der Waals surface area contributed by atoms with Gasteiger partial charge in [0.1, 0.15) is 72.1 Å². The molecule has 0 saturated carbocycles. The van der Waals surface area contributed by atoms with Crippen molar-refractivity contribution in [1.29, 1.82) is 0 Å². The van der Waals surface area contributed by atoms with Crippen molar-refractivity contribution in [2.75, 3.05) is 26.4 Å². The van der Waals surface area contributed by atoms with Gasteiger partial charge in [-0.3, -0.25) is 19.2 Å². The smallest absolute Gasteiger partial charge is 0.507 e. The Kier molecular flexibility index (Phi) is 38.2. The minimum Gasteiger partial charge on any atom is -0.507 e. The van der Waals surface area contributed by atoms with Crippen LogP contribution in [0.1, 0.15) is 417 Å². The first kappa shape index (κ1) is 118. The van der Waals surface area contributed by atoms with E-state index in [4.69, 9.17) is 32.5 Å². The highest BCUT2D eigenvalue weighted by atomic mass is 31.2. The van der Waals surface area contributed by atoms with E-state index < -0.39 is 108 Å². The molecular formula is C121H178O15P2. The number of aromatic hydroxyl groups is 4. The third-order valence-electron chi connectivity index (χ3n) is 25.1. The van der Waals surface area contributed by atoms with Crippen LogP contribution in [0, 0.1) is 5.41 Å². The molecule has 15 nitrogen and oxygen atoms in total. The van der Waals surface area contributed by atoms with Crippen LogP contribution in [0.15, 0.2) is 133 Å². The number of carbonyl (C=O) groups is 4. The highest BCUT2D eigenvalue weighted by molar-refractivity contribution is 7.43. The molecule has 8 aromatic carbocycles. The molecule has 762 valence electrons. The number of ether oxygens (including phenoxy) is 4. The molecule has 1 atom stereocenters. The van der Waals surface area contributed by atoms with Crippen molar-refractivity contribution in [3.63, 3.8) is 0 Å². The summed E-state index contributed by atoms with van der Waals surface area (Å²) in [6.07, 6.45) is 0.854. The maximum Gasteiger partial charge on any atom is 0.530 e. The van der Waals surface area contributed by atoms with E-state index in [0.29, 0.717) is 0 Å².